The van der Waals surface area contributed by atoms with Crippen LogP contribution in [0.4, 0.5) is 5.69 Å². The van der Waals surface area contributed by atoms with Gasteiger partial charge in [0.2, 0.25) is 5.91 Å². The minimum absolute atomic E-state index is 0.0471. The van der Waals surface area contributed by atoms with E-state index in [4.69, 9.17) is 5.73 Å². The first kappa shape index (κ1) is 16.5. The molecular formula is C17H25N3O2. The van der Waals surface area contributed by atoms with Gasteiger partial charge in [-0.1, -0.05) is 0 Å². The zero-order valence-electron chi connectivity index (χ0n) is 13.2. The third-order valence-electron chi connectivity index (χ3n) is 4.09. The SMILES string of the molecule is CC1CCCCN1C(=O)c1ccc(NC(=O)CCCN)cc1. The third kappa shape index (κ3) is 4.31. The minimum atomic E-state index is -0.0471. The van der Waals surface area contributed by atoms with Crippen molar-refractivity contribution in [3.8, 4) is 0 Å². The lowest BCUT2D eigenvalue weighted by Crippen LogP contribution is -2.42. The van der Waals surface area contributed by atoms with Gasteiger partial charge in [-0.25, -0.2) is 0 Å². The van der Waals surface area contributed by atoms with Gasteiger partial charge < -0.3 is 16.0 Å². The number of carbonyl (C=O) groups excluding carboxylic acids is 2. The Morgan fingerprint density at radius 2 is 2.00 bits per heavy atom. The van der Waals surface area contributed by atoms with Gasteiger partial charge >= 0.3 is 0 Å². The van der Waals surface area contributed by atoms with Gasteiger partial charge in [0.15, 0.2) is 0 Å². The maximum Gasteiger partial charge on any atom is 0.254 e. The molecule has 2 rings (SSSR count). The lowest BCUT2D eigenvalue weighted by molar-refractivity contribution is -0.116. The minimum Gasteiger partial charge on any atom is -0.336 e. The molecule has 1 aliphatic heterocycles. The third-order valence-corrected chi connectivity index (χ3v) is 4.09. The van der Waals surface area contributed by atoms with Crippen molar-refractivity contribution in [3.05, 3.63) is 29.8 Å². The molecular weight excluding hydrogens is 278 g/mol. The second-order valence-electron chi connectivity index (χ2n) is 5.86. The molecule has 1 atom stereocenters. The highest BCUT2D eigenvalue weighted by Gasteiger charge is 2.23. The monoisotopic (exact) mass is 303 g/mol. The van der Waals surface area contributed by atoms with E-state index in [-0.39, 0.29) is 11.8 Å². The van der Waals surface area contributed by atoms with Crippen LogP contribution in [0.3, 0.4) is 0 Å². The van der Waals surface area contributed by atoms with Crippen LogP contribution in [0.15, 0.2) is 24.3 Å². The second kappa shape index (κ2) is 7.94. The Hall–Kier alpha value is -1.88. The summed E-state index contributed by atoms with van der Waals surface area (Å²) in [7, 11) is 0. The maximum absolute atomic E-state index is 12.5. The first-order chi connectivity index (χ1) is 10.6. The van der Waals surface area contributed by atoms with Crippen LogP contribution >= 0.6 is 0 Å². The summed E-state index contributed by atoms with van der Waals surface area (Å²) in [4.78, 5) is 26.1. The highest BCUT2D eigenvalue weighted by Crippen LogP contribution is 2.20. The van der Waals surface area contributed by atoms with Gasteiger partial charge in [-0.3, -0.25) is 9.59 Å². The molecule has 5 nitrogen and oxygen atoms in total. The Balaban J connectivity index is 1.96. The first-order valence-electron chi connectivity index (χ1n) is 8.03. The number of nitrogens with zero attached hydrogens (tertiary/aromatic N) is 1. The van der Waals surface area contributed by atoms with E-state index in [2.05, 4.69) is 12.2 Å². The Bertz CT molecular complexity index is 513. The second-order valence-corrected chi connectivity index (χ2v) is 5.86. The van der Waals surface area contributed by atoms with E-state index in [1.807, 2.05) is 4.90 Å². The van der Waals surface area contributed by atoms with Crippen molar-refractivity contribution >= 4 is 17.5 Å². The van der Waals surface area contributed by atoms with Crippen LogP contribution < -0.4 is 11.1 Å². The Labute approximate surface area is 131 Å². The Kier molecular flexibility index (Phi) is 5.95. The summed E-state index contributed by atoms with van der Waals surface area (Å²) < 4.78 is 0. The molecule has 0 radical (unpaired) electrons. The van der Waals surface area contributed by atoms with Crippen molar-refractivity contribution < 1.29 is 9.59 Å². The van der Waals surface area contributed by atoms with Crippen molar-refractivity contribution in [2.24, 2.45) is 5.73 Å². The molecule has 22 heavy (non-hydrogen) atoms. The van der Waals surface area contributed by atoms with Gasteiger partial charge in [-0.15, -0.1) is 0 Å². The van der Waals surface area contributed by atoms with E-state index in [9.17, 15) is 9.59 Å². The molecule has 1 aromatic carbocycles. The fourth-order valence-corrected chi connectivity index (χ4v) is 2.75. The van der Waals surface area contributed by atoms with Gasteiger partial charge in [-0.2, -0.15) is 0 Å². The smallest absolute Gasteiger partial charge is 0.254 e. The van der Waals surface area contributed by atoms with E-state index in [0.29, 0.717) is 36.7 Å². The summed E-state index contributed by atoms with van der Waals surface area (Å²) in [5.41, 5.74) is 6.77. The number of anilines is 1. The molecule has 120 valence electrons. The van der Waals surface area contributed by atoms with Crippen molar-refractivity contribution in [2.45, 2.75) is 45.1 Å². The summed E-state index contributed by atoms with van der Waals surface area (Å²) in [6, 6.07) is 7.42. The van der Waals surface area contributed by atoms with Crippen LogP contribution in [0, 0.1) is 0 Å². The van der Waals surface area contributed by atoms with E-state index < -0.39 is 0 Å². The van der Waals surface area contributed by atoms with Crippen molar-refractivity contribution in [1.29, 1.82) is 0 Å². The van der Waals surface area contributed by atoms with Crippen LogP contribution in [-0.4, -0.2) is 35.8 Å². The topological polar surface area (TPSA) is 75.4 Å². The zero-order valence-corrected chi connectivity index (χ0v) is 13.2. The summed E-state index contributed by atoms with van der Waals surface area (Å²) in [5.74, 6) is 0.0300. The first-order valence-corrected chi connectivity index (χ1v) is 8.03. The predicted octanol–water partition coefficient (Wildman–Crippen LogP) is 2.38. The molecule has 3 N–H and O–H groups in total. The van der Waals surface area contributed by atoms with Gasteiger partial charge in [0.05, 0.1) is 0 Å². The average Bonchev–Trinajstić information content (AvgIpc) is 2.53. The molecule has 1 saturated heterocycles. The van der Waals surface area contributed by atoms with Crippen LogP contribution in [0.5, 0.6) is 0 Å². The van der Waals surface area contributed by atoms with E-state index in [1.165, 1.54) is 6.42 Å². The molecule has 0 aliphatic carbocycles. The number of benzene rings is 1. The predicted molar refractivity (Wildman–Crippen MR) is 87.7 cm³/mol. The highest BCUT2D eigenvalue weighted by molar-refractivity contribution is 5.96. The molecule has 2 amide bonds. The van der Waals surface area contributed by atoms with Gasteiger partial charge in [0, 0.05) is 30.3 Å². The quantitative estimate of drug-likeness (QED) is 0.877. The average molecular weight is 303 g/mol. The highest BCUT2D eigenvalue weighted by atomic mass is 16.2. The molecule has 1 aromatic rings. The molecule has 0 aromatic heterocycles. The van der Waals surface area contributed by atoms with E-state index >= 15 is 0 Å². The van der Waals surface area contributed by atoms with E-state index in [1.54, 1.807) is 24.3 Å². The summed E-state index contributed by atoms with van der Waals surface area (Å²) in [6.07, 6.45) is 4.43. The molecule has 1 unspecified atom stereocenters. The largest absolute Gasteiger partial charge is 0.336 e. The van der Waals surface area contributed by atoms with Crippen LogP contribution in [0.1, 0.15) is 49.4 Å². The van der Waals surface area contributed by atoms with Crippen molar-refractivity contribution in [1.82, 2.24) is 4.90 Å². The molecule has 0 saturated carbocycles. The number of nitrogens with two attached hydrogens (primary N) is 1. The Morgan fingerprint density at radius 3 is 2.64 bits per heavy atom. The molecule has 1 heterocycles. The fourth-order valence-electron chi connectivity index (χ4n) is 2.75. The molecule has 1 fully saturated rings. The lowest BCUT2D eigenvalue weighted by Gasteiger charge is -2.33. The fraction of sp³-hybridized carbons (Fsp3) is 0.529. The number of nitrogens with one attached hydrogen (secondary N) is 1. The van der Waals surface area contributed by atoms with E-state index in [0.717, 1.165) is 19.4 Å². The molecule has 0 bridgehead atoms. The van der Waals surface area contributed by atoms with Crippen molar-refractivity contribution in [3.63, 3.8) is 0 Å². The normalized spacial score (nSPS) is 18.1. The van der Waals surface area contributed by atoms with Gasteiger partial charge in [0.25, 0.3) is 5.91 Å². The number of rotatable bonds is 5. The number of hydrogen-bond donors (Lipinski definition) is 2. The van der Waals surface area contributed by atoms with Gasteiger partial charge in [-0.05, 0) is 63.4 Å². The standard InChI is InChI=1S/C17H25N3O2/c1-13-5-2-3-12-20(13)17(22)14-7-9-15(10-8-14)19-16(21)6-4-11-18/h7-10,13H,2-6,11-12,18H2,1H3,(H,19,21). The van der Waals surface area contributed by atoms with Crippen LogP contribution in [0.2, 0.25) is 0 Å². The summed E-state index contributed by atoms with van der Waals surface area (Å²) >= 11 is 0. The summed E-state index contributed by atoms with van der Waals surface area (Å²) in [5, 5.41) is 2.81. The number of carbonyl (C=O) groups is 2. The van der Waals surface area contributed by atoms with Crippen molar-refractivity contribution in [2.75, 3.05) is 18.4 Å². The number of amides is 2. The van der Waals surface area contributed by atoms with Gasteiger partial charge in [0.1, 0.15) is 0 Å². The summed E-state index contributed by atoms with van der Waals surface area (Å²) in [6.45, 7) is 3.44. The molecule has 1 aliphatic rings. The zero-order chi connectivity index (χ0) is 15.9. The van der Waals surface area contributed by atoms with Crippen LogP contribution in [-0.2, 0) is 4.79 Å². The number of piperidine rings is 1. The molecule has 5 heteroatoms. The van der Waals surface area contributed by atoms with Crippen LogP contribution in [0.25, 0.3) is 0 Å². The molecule has 0 spiro atoms. The maximum atomic E-state index is 12.5. The Morgan fingerprint density at radius 1 is 1.27 bits per heavy atom. The lowest BCUT2D eigenvalue weighted by atomic mass is 10.0. The number of likely N-dealkylation sites (tertiary alicyclic amines) is 1. The number of hydrogen-bond acceptors (Lipinski definition) is 3.